The minimum atomic E-state index is -0.136. The molecule has 0 aromatic carbocycles. The first-order valence-corrected chi connectivity index (χ1v) is 2.24. The summed E-state index contributed by atoms with van der Waals surface area (Å²) in [6.07, 6.45) is 1.19. The number of aromatic hydroxyl groups is 1. The number of imidazole rings is 1. The van der Waals surface area contributed by atoms with Crippen molar-refractivity contribution < 1.29 is 5.11 Å². The zero-order valence-electron chi connectivity index (χ0n) is 4.57. The Kier molecular flexibility index (Phi) is 1.16. The lowest BCUT2D eigenvalue weighted by molar-refractivity contribution is 0.439. The van der Waals surface area contributed by atoms with Gasteiger partial charge in [-0.2, -0.15) is 4.68 Å². The molecule has 1 aromatic heterocycles. The first-order valence-electron chi connectivity index (χ1n) is 2.24. The quantitative estimate of drug-likeness (QED) is 0.275. The molecular formula is C3H7N5O. The van der Waals surface area contributed by atoms with E-state index in [1.54, 1.807) is 0 Å². The van der Waals surface area contributed by atoms with Gasteiger partial charge >= 0.3 is 0 Å². The van der Waals surface area contributed by atoms with Gasteiger partial charge in [-0.3, -0.25) is 5.43 Å². The van der Waals surface area contributed by atoms with Crippen molar-refractivity contribution in [1.82, 2.24) is 9.66 Å². The van der Waals surface area contributed by atoms with Crippen molar-refractivity contribution in [2.45, 2.75) is 0 Å². The molecule has 1 aromatic rings. The van der Waals surface area contributed by atoms with E-state index in [1.165, 1.54) is 6.20 Å². The van der Waals surface area contributed by atoms with E-state index in [0.29, 0.717) is 0 Å². The number of hydrogen-bond donors (Lipinski definition) is 4. The van der Waals surface area contributed by atoms with E-state index in [4.69, 9.17) is 16.8 Å². The molecule has 1 rings (SSSR count). The first-order chi connectivity index (χ1) is 4.25. The number of rotatable bonds is 1. The number of nitrogen functional groups attached to an aromatic ring is 2. The third-order valence-corrected chi connectivity index (χ3v) is 0.906. The van der Waals surface area contributed by atoms with Gasteiger partial charge in [0, 0.05) is 0 Å². The van der Waals surface area contributed by atoms with Crippen LogP contribution >= 0.6 is 0 Å². The summed E-state index contributed by atoms with van der Waals surface area (Å²) in [7, 11) is 0. The molecule has 6 heteroatoms. The predicted molar refractivity (Wildman–Crippen MR) is 31.9 cm³/mol. The van der Waals surface area contributed by atoms with Crippen LogP contribution in [0.3, 0.4) is 0 Å². The number of hydrogen-bond acceptors (Lipinski definition) is 5. The molecule has 0 radical (unpaired) electrons. The fourth-order valence-corrected chi connectivity index (χ4v) is 0.459. The minimum Gasteiger partial charge on any atom is -0.492 e. The molecule has 0 aliphatic rings. The summed E-state index contributed by atoms with van der Waals surface area (Å²) in [5.41, 5.74) is 2.18. The largest absolute Gasteiger partial charge is 0.492 e. The Balaban J connectivity index is 3.04. The van der Waals surface area contributed by atoms with E-state index < -0.39 is 0 Å². The number of nitrogens with two attached hydrogens (primary N) is 2. The molecule has 0 unspecified atom stereocenters. The maximum atomic E-state index is 8.75. The molecule has 0 aliphatic heterocycles. The Morgan fingerprint density at radius 2 is 2.44 bits per heavy atom. The maximum Gasteiger partial charge on any atom is 0.239 e. The highest BCUT2D eigenvalue weighted by atomic mass is 16.3. The number of hydrazine groups is 1. The van der Waals surface area contributed by atoms with Crippen LogP contribution in [0.15, 0.2) is 6.20 Å². The molecule has 0 amide bonds. The SMILES string of the molecule is NNc1ncc(O)n1N. The van der Waals surface area contributed by atoms with Crippen molar-refractivity contribution in [3.63, 3.8) is 0 Å². The first kappa shape index (κ1) is 5.70. The van der Waals surface area contributed by atoms with E-state index >= 15 is 0 Å². The van der Waals surface area contributed by atoms with Crippen molar-refractivity contribution >= 4 is 5.95 Å². The van der Waals surface area contributed by atoms with Gasteiger partial charge in [0.25, 0.3) is 0 Å². The van der Waals surface area contributed by atoms with Crippen LogP contribution in [0.1, 0.15) is 0 Å². The number of aromatic nitrogens is 2. The summed E-state index contributed by atoms with van der Waals surface area (Å²) in [5, 5.41) is 8.75. The Hall–Kier alpha value is -1.43. The molecule has 9 heavy (non-hydrogen) atoms. The van der Waals surface area contributed by atoms with Crippen LogP contribution in [-0.4, -0.2) is 14.8 Å². The summed E-state index contributed by atoms with van der Waals surface area (Å²) in [6.45, 7) is 0. The summed E-state index contributed by atoms with van der Waals surface area (Å²) in [5.74, 6) is 10.2. The summed E-state index contributed by atoms with van der Waals surface area (Å²) >= 11 is 0. The molecular weight excluding hydrogens is 122 g/mol. The average molecular weight is 129 g/mol. The standard InChI is InChI=1S/C3H7N5O/c4-7-3-6-1-2(9)8(3)5/h1,9H,4-5H2,(H,6,7). The molecule has 0 saturated heterocycles. The van der Waals surface area contributed by atoms with Gasteiger partial charge in [-0.05, 0) is 0 Å². The fourth-order valence-electron chi connectivity index (χ4n) is 0.459. The van der Waals surface area contributed by atoms with E-state index in [9.17, 15) is 0 Å². The minimum absolute atomic E-state index is 0.136. The summed E-state index contributed by atoms with van der Waals surface area (Å²) < 4.78 is 0.931. The lowest BCUT2D eigenvalue weighted by Crippen LogP contribution is -2.17. The van der Waals surface area contributed by atoms with Gasteiger partial charge in [0.05, 0.1) is 6.20 Å². The average Bonchev–Trinajstić information content (AvgIpc) is 2.15. The zero-order valence-corrected chi connectivity index (χ0v) is 4.57. The molecule has 0 saturated carbocycles. The molecule has 0 spiro atoms. The van der Waals surface area contributed by atoms with Gasteiger partial charge in [-0.1, -0.05) is 0 Å². The second-order valence-electron chi connectivity index (χ2n) is 1.45. The number of anilines is 1. The molecule has 0 fully saturated rings. The van der Waals surface area contributed by atoms with Gasteiger partial charge in [-0.15, -0.1) is 0 Å². The van der Waals surface area contributed by atoms with E-state index in [0.717, 1.165) is 4.68 Å². The van der Waals surface area contributed by atoms with Crippen molar-refractivity contribution in [3.05, 3.63) is 6.20 Å². The lowest BCUT2D eigenvalue weighted by atomic mass is 10.9. The smallest absolute Gasteiger partial charge is 0.239 e. The number of nitrogens with one attached hydrogen (secondary N) is 1. The van der Waals surface area contributed by atoms with Gasteiger partial charge in [0.15, 0.2) is 0 Å². The third-order valence-electron chi connectivity index (χ3n) is 0.906. The zero-order chi connectivity index (χ0) is 6.85. The molecule has 6 N–H and O–H groups in total. The van der Waals surface area contributed by atoms with Gasteiger partial charge in [0.2, 0.25) is 11.8 Å². The van der Waals surface area contributed by atoms with Crippen LogP contribution in [0.2, 0.25) is 0 Å². The van der Waals surface area contributed by atoms with Crippen LogP contribution in [0, 0.1) is 0 Å². The lowest BCUT2D eigenvalue weighted by Gasteiger charge is -1.97. The van der Waals surface area contributed by atoms with Crippen LogP contribution in [-0.2, 0) is 0 Å². The summed E-state index contributed by atoms with van der Waals surface area (Å²) in [6, 6.07) is 0. The van der Waals surface area contributed by atoms with Crippen LogP contribution in [0.4, 0.5) is 5.95 Å². The Labute approximate surface area is 51.0 Å². The maximum absolute atomic E-state index is 8.75. The van der Waals surface area contributed by atoms with Crippen molar-refractivity contribution in [3.8, 4) is 5.88 Å². The Morgan fingerprint density at radius 1 is 1.78 bits per heavy atom. The Bertz CT molecular complexity index is 206. The molecule has 50 valence electrons. The molecule has 1 heterocycles. The van der Waals surface area contributed by atoms with Gasteiger partial charge in [0.1, 0.15) is 0 Å². The highest BCUT2D eigenvalue weighted by molar-refractivity contribution is 5.29. The highest BCUT2D eigenvalue weighted by Gasteiger charge is 2.01. The highest BCUT2D eigenvalue weighted by Crippen LogP contribution is 2.09. The fraction of sp³-hybridized carbons (Fsp3) is 0. The van der Waals surface area contributed by atoms with Crippen molar-refractivity contribution in [2.75, 3.05) is 11.3 Å². The molecule has 0 bridgehead atoms. The van der Waals surface area contributed by atoms with Gasteiger partial charge in [-0.25, -0.2) is 10.8 Å². The third kappa shape index (κ3) is 0.745. The van der Waals surface area contributed by atoms with Gasteiger partial charge < -0.3 is 10.9 Å². The normalized spacial score (nSPS) is 9.44. The number of nitrogens with zero attached hydrogens (tertiary/aromatic N) is 2. The van der Waals surface area contributed by atoms with E-state index in [1.807, 2.05) is 0 Å². The van der Waals surface area contributed by atoms with Crippen LogP contribution in [0.5, 0.6) is 5.88 Å². The second kappa shape index (κ2) is 1.82. The molecule has 0 aliphatic carbocycles. The van der Waals surface area contributed by atoms with Crippen molar-refractivity contribution in [2.24, 2.45) is 5.84 Å². The predicted octanol–water partition coefficient (Wildman–Crippen LogP) is -1.41. The van der Waals surface area contributed by atoms with Crippen LogP contribution < -0.4 is 17.1 Å². The molecule has 0 atom stereocenters. The van der Waals surface area contributed by atoms with Crippen molar-refractivity contribution in [1.29, 1.82) is 0 Å². The van der Waals surface area contributed by atoms with E-state index in [-0.39, 0.29) is 11.8 Å². The van der Waals surface area contributed by atoms with E-state index in [2.05, 4.69) is 10.4 Å². The van der Waals surface area contributed by atoms with Crippen LogP contribution in [0.25, 0.3) is 0 Å². The molecule has 6 nitrogen and oxygen atoms in total. The monoisotopic (exact) mass is 129 g/mol. The second-order valence-corrected chi connectivity index (χ2v) is 1.45. The summed E-state index contributed by atoms with van der Waals surface area (Å²) in [4.78, 5) is 3.59. The topological polar surface area (TPSA) is 102 Å². The Morgan fingerprint density at radius 3 is 2.67 bits per heavy atom.